The largest absolute Gasteiger partial charge is 0.372 e. The number of carbonyl (C=O) groups is 1. The smallest absolute Gasteiger partial charge is 0.243 e. The van der Waals surface area contributed by atoms with Gasteiger partial charge in [-0.25, -0.2) is 0 Å². The highest BCUT2D eigenvalue weighted by molar-refractivity contribution is 5.86. The predicted octanol–water partition coefficient (Wildman–Crippen LogP) is 1.28. The van der Waals surface area contributed by atoms with E-state index in [-0.39, 0.29) is 12.0 Å². The van der Waals surface area contributed by atoms with Gasteiger partial charge in [-0.1, -0.05) is 6.58 Å². The van der Waals surface area contributed by atoms with Crippen molar-refractivity contribution in [2.24, 2.45) is 5.92 Å². The first-order valence-electron chi connectivity index (χ1n) is 6.29. The van der Waals surface area contributed by atoms with Crippen molar-refractivity contribution in [3.05, 3.63) is 30.6 Å². The highest BCUT2D eigenvalue weighted by atomic mass is 16.5. The van der Waals surface area contributed by atoms with E-state index in [1.54, 1.807) is 6.20 Å². The van der Waals surface area contributed by atoms with Crippen molar-refractivity contribution in [3.8, 4) is 0 Å². The van der Waals surface area contributed by atoms with E-state index in [9.17, 15) is 4.79 Å². The van der Waals surface area contributed by atoms with Crippen LogP contribution in [0.2, 0.25) is 0 Å². The molecule has 1 aliphatic heterocycles. The maximum atomic E-state index is 11.2. The van der Waals surface area contributed by atoms with Crippen LogP contribution < -0.4 is 5.32 Å². The second-order valence-electron chi connectivity index (χ2n) is 4.36. The van der Waals surface area contributed by atoms with E-state index in [0.29, 0.717) is 12.5 Å². The molecule has 2 rings (SSSR count). The second kappa shape index (κ2) is 5.82. The average Bonchev–Trinajstić information content (AvgIpc) is 3.03. The summed E-state index contributed by atoms with van der Waals surface area (Å²) in [7, 11) is 0. The SMILES string of the molecule is C=CC(=O)NC[C@@H]1CCO[C@H]1c1ccnn1CC. The molecule has 1 aromatic rings. The van der Waals surface area contributed by atoms with E-state index in [4.69, 9.17) is 4.74 Å². The van der Waals surface area contributed by atoms with E-state index in [0.717, 1.165) is 25.3 Å². The number of rotatable bonds is 5. The van der Waals surface area contributed by atoms with Gasteiger partial charge in [0.1, 0.15) is 6.10 Å². The molecule has 98 valence electrons. The van der Waals surface area contributed by atoms with Crippen LogP contribution in [0.4, 0.5) is 0 Å². The normalized spacial score (nSPS) is 22.9. The van der Waals surface area contributed by atoms with Crippen LogP contribution in [-0.4, -0.2) is 28.8 Å². The molecule has 2 atom stereocenters. The molecule has 0 saturated carbocycles. The lowest BCUT2D eigenvalue weighted by atomic mass is 9.99. The molecule has 1 saturated heterocycles. The number of carbonyl (C=O) groups excluding carboxylic acids is 1. The zero-order chi connectivity index (χ0) is 13.0. The summed E-state index contributed by atoms with van der Waals surface area (Å²) in [4.78, 5) is 11.2. The summed E-state index contributed by atoms with van der Waals surface area (Å²) in [6, 6.07) is 1.99. The molecule has 1 aliphatic rings. The predicted molar refractivity (Wildman–Crippen MR) is 67.9 cm³/mol. The third kappa shape index (κ3) is 2.61. The maximum Gasteiger partial charge on any atom is 0.243 e. The van der Waals surface area contributed by atoms with Crippen molar-refractivity contribution in [2.75, 3.05) is 13.2 Å². The number of aromatic nitrogens is 2. The molecule has 5 nitrogen and oxygen atoms in total. The summed E-state index contributed by atoms with van der Waals surface area (Å²) >= 11 is 0. The van der Waals surface area contributed by atoms with Crippen LogP contribution in [0.25, 0.3) is 0 Å². The molecule has 0 unspecified atom stereocenters. The highest BCUT2D eigenvalue weighted by Gasteiger charge is 2.31. The van der Waals surface area contributed by atoms with Gasteiger partial charge in [0.25, 0.3) is 0 Å². The topological polar surface area (TPSA) is 56.1 Å². The number of amides is 1. The van der Waals surface area contributed by atoms with Gasteiger partial charge in [-0.05, 0) is 25.5 Å². The quantitative estimate of drug-likeness (QED) is 0.800. The van der Waals surface area contributed by atoms with Crippen molar-refractivity contribution in [1.82, 2.24) is 15.1 Å². The van der Waals surface area contributed by atoms with Gasteiger partial charge in [0, 0.05) is 31.8 Å². The Balaban J connectivity index is 2.03. The number of ether oxygens (including phenoxy) is 1. The van der Waals surface area contributed by atoms with Crippen LogP contribution in [-0.2, 0) is 16.1 Å². The highest BCUT2D eigenvalue weighted by Crippen LogP contribution is 2.33. The Morgan fingerprint density at radius 3 is 3.33 bits per heavy atom. The number of hydrogen-bond donors (Lipinski definition) is 1. The third-order valence-corrected chi connectivity index (χ3v) is 3.28. The molecule has 2 heterocycles. The van der Waals surface area contributed by atoms with E-state index in [1.807, 2.05) is 10.7 Å². The van der Waals surface area contributed by atoms with Crippen LogP contribution in [0.15, 0.2) is 24.9 Å². The third-order valence-electron chi connectivity index (χ3n) is 3.28. The van der Waals surface area contributed by atoms with E-state index in [1.165, 1.54) is 6.08 Å². The van der Waals surface area contributed by atoms with Gasteiger partial charge in [0.2, 0.25) is 5.91 Å². The van der Waals surface area contributed by atoms with Crippen molar-refractivity contribution >= 4 is 5.91 Å². The summed E-state index contributed by atoms with van der Waals surface area (Å²) in [5, 5.41) is 7.10. The summed E-state index contributed by atoms with van der Waals surface area (Å²) in [6.07, 6.45) is 4.07. The summed E-state index contributed by atoms with van der Waals surface area (Å²) < 4.78 is 7.72. The fraction of sp³-hybridized carbons (Fsp3) is 0.538. The molecule has 0 aromatic carbocycles. The summed E-state index contributed by atoms with van der Waals surface area (Å²) in [6.45, 7) is 7.67. The van der Waals surface area contributed by atoms with Crippen LogP contribution >= 0.6 is 0 Å². The minimum Gasteiger partial charge on any atom is -0.372 e. The van der Waals surface area contributed by atoms with Gasteiger partial charge in [0.05, 0.1) is 5.69 Å². The zero-order valence-electron chi connectivity index (χ0n) is 10.6. The van der Waals surface area contributed by atoms with Gasteiger partial charge >= 0.3 is 0 Å². The number of aryl methyl sites for hydroxylation is 1. The molecule has 1 aromatic heterocycles. The van der Waals surface area contributed by atoms with E-state index in [2.05, 4.69) is 23.9 Å². The van der Waals surface area contributed by atoms with E-state index >= 15 is 0 Å². The molecular formula is C13H19N3O2. The first kappa shape index (κ1) is 12.8. The molecule has 1 amide bonds. The minimum absolute atomic E-state index is 0.0255. The Morgan fingerprint density at radius 2 is 2.61 bits per heavy atom. The standard InChI is InChI=1S/C13H19N3O2/c1-3-12(17)14-9-10-6-8-18-13(10)11-5-7-15-16(11)4-2/h3,5,7,10,13H,1,4,6,8-9H2,2H3,(H,14,17)/t10-,13+/m0/s1. The lowest BCUT2D eigenvalue weighted by Crippen LogP contribution is -2.29. The van der Waals surface area contributed by atoms with Crippen LogP contribution in [0.3, 0.4) is 0 Å². The fourth-order valence-corrected chi connectivity index (χ4v) is 2.32. The fourth-order valence-electron chi connectivity index (χ4n) is 2.32. The number of hydrogen-bond acceptors (Lipinski definition) is 3. The van der Waals surface area contributed by atoms with Crippen molar-refractivity contribution < 1.29 is 9.53 Å². The molecule has 0 radical (unpaired) electrons. The van der Waals surface area contributed by atoms with E-state index < -0.39 is 0 Å². The number of nitrogens with one attached hydrogen (secondary N) is 1. The zero-order valence-corrected chi connectivity index (χ0v) is 10.6. The molecule has 1 N–H and O–H groups in total. The van der Waals surface area contributed by atoms with Crippen LogP contribution in [0.1, 0.15) is 25.1 Å². The van der Waals surface area contributed by atoms with Gasteiger partial charge in [-0.3, -0.25) is 9.48 Å². The molecule has 1 fully saturated rings. The van der Waals surface area contributed by atoms with Crippen LogP contribution in [0, 0.1) is 5.92 Å². The lowest BCUT2D eigenvalue weighted by Gasteiger charge is -2.19. The van der Waals surface area contributed by atoms with Gasteiger partial charge in [-0.2, -0.15) is 5.10 Å². The summed E-state index contributed by atoms with van der Waals surface area (Å²) in [5.74, 6) is 0.167. The maximum absolute atomic E-state index is 11.2. The molecule has 18 heavy (non-hydrogen) atoms. The Kier molecular flexibility index (Phi) is 4.15. The average molecular weight is 249 g/mol. The monoisotopic (exact) mass is 249 g/mol. The van der Waals surface area contributed by atoms with Gasteiger partial charge < -0.3 is 10.1 Å². The summed E-state index contributed by atoms with van der Waals surface area (Å²) in [5.41, 5.74) is 1.09. The molecular weight excluding hydrogens is 230 g/mol. The Hall–Kier alpha value is -1.62. The Bertz CT molecular complexity index is 428. The molecule has 0 aliphatic carbocycles. The first-order chi connectivity index (χ1) is 8.76. The Labute approximate surface area is 107 Å². The minimum atomic E-state index is -0.135. The number of nitrogens with zero attached hydrogens (tertiary/aromatic N) is 2. The van der Waals surface area contributed by atoms with Crippen LogP contribution in [0.5, 0.6) is 0 Å². The second-order valence-corrected chi connectivity index (χ2v) is 4.36. The molecule has 0 bridgehead atoms. The lowest BCUT2D eigenvalue weighted by molar-refractivity contribution is -0.116. The Morgan fingerprint density at radius 1 is 1.78 bits per heavy atom. The van der Waals surface area contributed by atoms with Crippen molar-refractivity contribution in [3.63, 3.8) is 0 Å². The van der Waals surface area contributed by atoms with Gasteiger partial charge in [-0.15, -0.1) is 0 Å². The molecule has 0 spiro atoms. The molecule has 5 heteroatoms. The van der Waals surface area contributed by atoms with Crippen molar-refractivity contribution in [2.45, 2.75) is 26.0 Å². The first-order valence-corrected chi connectivity index (χ1v) is 6.29. The van der Waals surface area contributed by atoms with Gasteiger partial charge in [0.15, 0.2) is 0 Å². The van der Waals surface area contributed by atoms with Crippen molar-refractivity contribution in [1.29, 1.82) is 0 Å².